The highest BCUT2D eigenvalue weighted by molar-refractivity contribution is 5.86. The van der Waals surface area contributed by atoms with E-state index in [4.69, 9.17) is 4.74 Å². The monoisotopic (exact) mass is 201 g/mol. The highest BCUT2D eigenvalue weighted by atomic mass is 16.5. The fourth-order valence-electron chi connectivity index (χ4n) is 1.62. The summed E-state index contributed by atoms with van der Waals surface area (Å²) in [5, 5.41) is 9.74. The Hall–Kier alpha value is -1.77. The summed E-state index contributed by atoms with van der Waals surface area (Å²) in [6, 6.07) is 7.44. The second-order valence-corrected chi connectivity index (χ2v) is 3.85. The number of benzene rings is 1. The first-order valence-corrected chi connectivity index (χ1v) is 5.08. The van der Waals surface area contributed by atoms with Gasteiger partial charge in [0.1, 0.15) is 11.5 Å². The quantitative estimate of drug-likeness (QED) is 0.759. The number of aliphatic hydroxyl groups is 1. The van der Waals surface area contributed by atoms with Gasteiger partial charge in [0.05, 0.1) is 11.8 Å². The van der Waals surface area contributed by atoms with E-state index in [9.17, 15) is 5.11 Å². The molecule has 1 aromatic carbocycles. The zero-order chi connectivity index (χ0) is 10.3. The van der Waals surface area contributed by atoms with Crippen LogP contribution in [0.5, 0.6) is 5.75 Å². The summed E-state index contributed by atoms with van der Waals surface area (Å²) in [6.45, 7) is 0. The number of ether oxygens (including phenoxy) is 1. The smallest absolute Gasteiger partial charge is 0.197 e. The van der Waals surface area contributed by atoms with E-state index < -0.39 is 0 Å². The van der Waals surface area contributed by atoms with Crippen LogP contribution in [0, 0.1) is 5.92 Å². The number of para-hydroxylation sites is 1. The summed E-state index contributed by atoms with van der Waals surface area (Å²) < 4.78 is 5.69. The average Bonchev–Trinajstić information content (AvgIpc) is 3.06. The fourth-order valence-corrected chi connectivity index (χ4v) is 1.62. The maximum atomic E-state index is 9.74. The Morgan fingerprint density at radius 2 is 2.07 bits per heavy atom. The van der Waals surface area contributed by atoms with Gasteiger partial charge in [-0.3, -0.25) is 0 Å². The number of aliphatic imine (C=N–C) groups is 1. The fraction of sp³-hybridized carbons (Fsp3) is 0.250. The van der Waals surface area contributed by atoms with Crippen molar-refractivity contribution in [1.82, 2.24) is 0 Å². The zero-order valence-electron chi connectivity index (χ0n) is 8.18. The molecule has 3 rings (SSSR count). The van der Waals surface area contributed by atoms with Crippen LogP contribution >= 0.6 is 0 Å². The molecule has 0 atom stereocenters. The van der Waals surface area contributed by atoms with Gasteiger partial charge in [0.15, 0.2) is 5.90 Å². The van der Waals surface area contributed by atoms with Gasteiger partial charge in [-0.2, -0.15) is 0 Å². The lowest BCUT2D eigenvalue weighted by Gasteiger charge is -2.08. The van der Waals surface area contributed by atoms with Gasteiger partial charge in [-0.25, -0.2) is 4.99 Å². The minimum Gasteiger partial charge on any atom is -0.506 e. The van der Waals surface area contributed by atoms with Crippen LogP contribution in [0.3, 0.4) is 0 Å². The molecular weight excluding hydrogens is 190 g/mol. The van der Waals surface area contributed by atoms with Crippen LogP contribution in [-0.2, 0) is 0 Å². The molecule has 0 unspecified atom stereocenters. The van der Waals surface area contributed by atoms with Crippen molar-refractivity contribution in [2.75, 3.05) is 0 Å². The van der Waals surface area contributed by atoms with Crippen molar-refractivity contribution in [2.45, 2.75) is 12.8 Å². The average molecular weight is 201 g/mol. The van der Waals surface area contributed by atoms with E-state index >= 15 is 0 Å². The Morgan fingerprint density at radius 1 is 1.27 bits per heavy atom. The Bertz CT molecular complexity index is 458. The Labute approximate surface area is 87.7 Å². The van der Waals surface area contributed by atoms with E-state index in [1.54, 1.807) is 0 Å². The van der Waals surface area contributed by atoms with E-state index in [-0.39, 0.29) is 5.76 Å². The first-order valence-electron chi connectivity index (χ1n) is 5.08. The van der Waals surface area contributed by atoms with Crippen LogP contribution < -0.4 is 4.74 Å². The summed E-state index contributed by atoms with van der Waals surface area (Å²) in [5.41, 5.74) is 0.705. The van der Waals surface area contributed by atoms with E-state index in [1.807, 2.05) is 24.3 Å². The second kappa shape index (κ2) is 3.12. The summed E-state index contributed by atoms with van der Waals surface area (Å²) in [5.74, 6) is 2.03. The lowest BCUT2D eigenvalue weighted by atomic mass is 10.2. The molecule has 15 heavy (non-hydrogen) atoms. The number of nitrogens with zero attached hydrogens (tertiary/aromatic N) is 1. The molecule has 76 valence electrons. The predicted octanol–water partition coefficient (Wildman–Crippen LogP) is 2.74. The lowest BCUT2D eigenvalue weighted by molar-refractivity contribution is 0.499. The van der Waals surface area contributed by atoms with E-state index in [0.29, 0.717) is 17.2 Å². The van der Waals surface area contributed by atoms with E-state index in [1.165, 1.54) is 6.20 Å². The van der Waals surface area contributed by atoms with Gasteiger partial charge in [-0.1, -0.05) is 12.1 Å². The Kier molecular flexibility index (Phi) is 1.78. The van der Waals surface area contributed by atoms with Gasteiger partial charge in [-0.15, -0.1) is 0 Å². The predicted molar refractivity (Wildman–Crippen MR) is 57.8 cm³/mol. The van der Waals surface area contributed by atoms with Gasteiger partial charge in [0.25, 0.3) is 0 Å². The summed E-state index contributed by atoms with van der Waals surface area (Å²) in [7, 11) is 0. The van der Waals surface area contributed by atoms with E-state index in [0.717, 1.165) is 18.7 Å². The van der Waals surface area contributed by atoms with Crippen molar-refractivity contribution in [3.63, 3.8) is 0 Å². The molecule has 1 aliphatic heterocycles. The topological polar surface area (TPSA) is 41.8 Å². The standard InChI is InChI=1S/C12H11NO2/c14-10-7-13-12(8-5-6-8)15-11-4-2-1-3-9(10)11/h1-4,7-8,14H,5-6H2. The third-order valence-corrected chi connectivity index (χ3v) is 2.62. The van der Waals surface area contributed by atoms with Crippen molar-refractivity contribution in [2.24, 2.45) is 10.9 Å². The van der Waals surface area contributed by atoms with Crippen molar-refractivity contribution < 1.29 is 9.84 Å². The molecule has 1 N–H and O–H groups in total. The van der Waals surface area contributed by atoms with Gasteiger partial charge >= 0.3 is 0 Å². The number of aliphatic hydroxyl groups excluding tert-OH is 1. The molecule has 3 heteroatoms. The SMILES string of the molecule is OC1=CN=C(C2CC2)Oc2ccccc21. The van der Waals surface area contributed by atoms with Crippen LogP contribution in [-0.4, -0.2) is 11.0 Å². The maximum Gasteiger partial charge on any atom is 0.197 e. The molecule has 0 aromatic heterocycles. The minimum absolute atomic E-state index is 0.168. The first kappa shape index (κ1) is 8.53. The van der Waals surface area contributed by atoms with E-state index in [2.05, 4.69) is 4.99 Å². The van der Waals surface area contributed by atoms with Crippen molar-refractivity contribution in [3.8, 4) is 5.75 Å². The van der Waals surface area contributed by atoms with Crippen molar-refractivity contribution >= 4 is 11.7 Å². The van der Waals surface area contributed by atoms with Crippen LogP contribution in [0.2, 0.25) is 0 Å². The van der Waals surface area contributed by atoms with Gasteiger partial charge in [0.2, 0.25) is 0 Å². The summed E-state index contributed by atoms with van der Waals surface area (Å²) in [6.07, 6.45) is 3.74. The molecule has 0 amide bonds. The Morgan fingerprint density at radius 3 is 2.87 bits per heavy atom. The zero-order valence-corrected chi connectivity index (χ0v) is 8.18. The highest BCUT2D eigenvalue weighted by Crippen LogP contribution is 2.35. The number of fused-ring (bicyclic) bond motifs is 1. The lowest BCUT2D eigenvalue weighted by Crippen LogP contribution is -2.10. The van der Waals surface area contributed by atoms with Gasteiger partial charge in [-0.05, 0) is 25.0 Å². The molecule has 1 fully saturated rings. The van der Waals surface area contributed by atoms with Crippen LogP contribution in [0.4, 0.5) is 0 Å². The third kappa shape index (κ3) is 1.50. The molecule has 0 spiro atoms. The van der Waals surface area contributed by atoms with Crippen molar-refractivity contribution in [3.05, 3.63) is 36.0 Å². The third-order valence-electron chi connectivity index (χ3n) is 2.62. The van der Waals surface area contributed by atoms with Gasteiger partial charge < -0.3 is 9.84 Å². The second-order valence-electron chi connectivity index (χ2n) is 3.85. The molecular formula is C12H11NO2. The number of hydrogen-bond acceptors (Lipinski definition) is 3. The highest BCUT2D eigenvalue weighted by Gasteiger charge is 2.31. The molecule has 2 aliphatic rings. The maximum absolute atomic E-state index is 9.74. The summed E-state index contributed by atoms with van der Waals surface area (Å²) in [4.78, 5) is 4.16. The molecule has 0 bridgehead atoms. The molecule has 0 radical (unpaired) electrons. The van der Waals surface area contributed by atoms with Gasteiger partial charge in [0, 0.05) is 5.92 Å². The Balaban J connectivity index is 2.05. The van der Waals surface area contributed by atoms with Crippen LogP contribution in [0.25, 0.3) is 5.76 Å². The van der Waals surface area contributed by atoms with Crippen LogP contribution in [0.1, 0.15) is 18.4 Å². The summed E-state index contributed by atoms with van der Waals surface area (Å²) >= 11 is 0. The molecule has 1 aliphatic carbocycles. The number of hydrogen-bond donors (Lipinski definition) is 1. The largest absolute Gasteiger partial charge is 0.506 e. The molecule has 0 saturated heterocycles. The minimum atomic E-state index is 0.168. The molecule has 3 nitrogen and oxygen atoms in total. The number of rotatable bonds is 1. The normalized spacial score (nSPS) is 19.5. The molecule has 1 aromatic rings. The molecule has 1 heterocycles. The first-order chi connectivity index (χ1) is 7.34. The van der Waals surface area contributed by atoms with Crippen LogP contribution in [0.15, 0.2) is 35.5 Å². The van der Waals surface area contributed by atoms with Crippen molar-refractivity contribution in [1.29, 1.82) is 0 Å². The molecule has 1 saturated carbocycles.